The molecule has 0 amide bonds. The van der Waals surface area contributed by atoms with Gasteiger partial charge in [0.1, 0.15) is 5.56 Å². The number of ether oxygens (including phenoxy) is 1. The molecule has 0 saturated heterocycles. The topological polar surface area (TPSA) is 62.7 Å². The largest absolute Gasteiger partial charge is 0.487 e. The Morgan fingerprint density at radius 3 is 2.69 bits per heavy atom. The predicted molar refractivity (Wildman–Crippen MR) is 59.2 cm³/mol. The maximum atomic E-state index is 11.1. The zero-order valence-corrected chi connectivity index (χ0v) is 9.30. The molecule has 1 aromatic heterocycles. The molecule has 16 heavy (non-hydrogen) atoms. The summed E-state index contributed by atoms with van der Waals surface area (Å²) in [5, 5.41) is 9.07. The lowest BCUT2D eigenvalue weighted by Gasteiger charge is -2.19. The van der Waals surface area contributed by atoms with E-state index in [1.807, 2.05) is 0 Å². The average Bonchev–Trinajstić information content (AvgIpc) is 3.00. The second kappa shape index (κ2) is 4.00. The van der Waals surface area contributed by atoms with Gasteiger partial charge in [0, 0.05) is 20.3 Å². The number of hydrogen-bond acceptors (Lipinski definition) is 4. The summed E-state index contributed by atoms with van der Waals surface area (Å²) in [5.41, 5.74) is 0.748. The molecule has 1 N–H and O–H groups in total. The summed E-state index contributed by atoms with van der Waals surface area (Å²) in [7, 11) is 3.59. The van der Waals surface area contributed by atoms with E-state index in [1.54, 1.807) is 25.2 Å². The molecule has 1 aliphatic carbocycles. The SMILES string of the molecule is CN(C)c1c(OC2CC2)cncc1C(=O)O. The summed E-state index contributed by atoms with van der Waals surface area (Å²) in [6.07, 6.45) is 5.20. The maximum Gasteiger partial charge on any atom is 0.339 e. The predicted octanol–water partition coefficient (Wildman–Crippen LogP) is 1.39. The smallest absolute Gasteiger partial charge is 0.339 e. The molecule has 0 atom stereocenters. The minimum Gasteiger partial charge on any atom is -0.487 e. The Balaban J connectivity index is 2.41. The fourth-order valence-electron chi connectivity index (χ4n) is 1.50. The van der Waals surface area contributed by atoms with Crippen molar-refractivity contribution in [2.75, 3.05) is 19.0 Å². The Morgan fingerprint density at radius 2 is 2.19 bits per heavy atom. The second-order valence-corrected chi connectivity index (χ2v) is 4.05. The number of carboxylic acids is 1. The van der Waals surface area contributed by atoms with Gasteiger partial charge in [-0.25, -0.2) is 4.79 Å². The molecule has 0 aromatic carbocycles. The first-order chi connectivity index (χ1) is 7.59. The first kappa shape index (κ1) is 10.7. The molecule has 1 aromatic rings. The van der Waals surface area contributed by atoms with E-state index in [2.05, 4.69) is 4.98 Å². The number of nitrogens with zero attached hydrogens (tertiary/aromatic N) is 2. The molecule has 1 fully saturated rings. The van der Waals surface area contributed by atoms with Crippen molar-refractivity contribution in [3.63, 3.8) is 0 Å². The molecule has 1 aliphatic rings. The van der Waals surface area contributed by atoms with Gasteiger partial charge in [-0.15, -0.1) is 0 Å². The number of aromatic nitrogens is 1. The fraction of sp³-hybridized carbons (Fsp3) is 0.455. The van der Waals surface area contributed by atoms with Crippen LogP contribution < -0.4 is 9.64 Å². The number of anilines is 1. The van der Waals surface area contributed by atoms with Gasteiger partial charge in [0.2, 0.25) is 0 Å². The third-order valence-corrected chi connectivity index (χ3v) is 2.38. The van der Waals surface area contributed by atoms with E-state index in [4.69, 9.17) is 9.84 Å². The first-order valence-corrected chi connectivity index (χ1v) is 5.15. The summed E-state index contributed by atoms with van der Waals surface area (Å²) in [6, 6.07) is 0. The highest BCUT2D eigenvalue weighted by atomic mass is 16.5. The van der Waals surface area contributed by atoms with Crippen molar-refractivity contribution in [3.05, 3.63) is 18.0 Å². The molecule has 2 rings (SSSR count). The lowest BCUT2D eigenvalue weighted by Crippen LogP contribution is -2.16. The summed E-state index contributed by atoms with van der Waals surface area (Å²) >= 11 is 0. The van der Waals surface area contributed by atoms with Crippen LogP contribution in [0.3, 0.4) is 0 Å². The van der Waals surface area contributed by atoms with Crippen molar-refractivity contribution in [1.29, 1.82) is 0 Å². The Labute approximate surface area is 93.7 Å². The lowest BCUT2D eigenvalue weighted by molar-refractivity contribution is 0.0696. The molecular formula is C11H14N2O3. The van der Waals surface area contributed by atoms with Crippen LogP contribution in [0.15, 0.2) is 12.4 Å². The third-order valence-electron chi connectivity index (χ3n) is 2.38. The van der Waals surface area contributed by atoms with E-state index in [0.29, 0.717) is 11.4 Å². The van der Waals surface area contributed by atoms with Crippen LogP contribution in [0, 0.1) is 0 Å². The van der Waals surface area contributed by atoms with Gasteiger partial charge in [-0.1, -0.05) is 0 Å². The Bertz CT molecular complexity index is 414. The lowest BCUT2D eigenvalue weighted by atomic mass is 10.2. The van der Waals surface area contributed by atoms with E-state index in [1.165, 1.54) is 6.20 Å². The molecule has 0 radical (unpaired) electrons. The Hall–Kier alpha value is -1.78. The summed E-state index contributed by atoms with van der Waals surface area (Å²) in [4.78, 5) is 16.7. The normalized spacial score (nSPS) is 14.6. The molecule has 1 saturated carbocycles. The third kappa shape index (κ3) is 2.08. The van der Waals surface area contributed by atoms with Crippen LogP contribution >= 0.6 is 0 Å². The molecule has 0 spiro atoms. The van der Waals surface area contributed by atoms with E-state index in [9.17, 15) is 4.79 Å². The molecule has 0 unspecified atom stereocenters. The second-order valence-electron chi connectivity index (χ2n) is 4.05. The molecule has 0 aliphatic heterocycles. The van der Waals surface area contributed by atoms with E-state index >= 15 is 0 Å². The summed E-state index contributed by atoms with van der Waals surface area (Å²) in [5.74, 6) is -0.440. The number of carboxylic acid groups (broad SMARTS) is 1. The van der Waals surface area contributed by atoms with Gasteiger partial charge < -0.3 is 14.7 Å². The molecule has 1 heterocycles. The first-order valence-electron chi connectivity index (χ1n) is 5.15. The number of pyridine rings is 1. The van der Waals surface area contributed by atoms with E-state index < -0.39 is 5.97 Å². The van der Waals surface area contributed by atoms with E-state index in [-0.39, 0.29) is 11.7 Å². The van der Waals surface area contributed by atoms with Crippen molar-refractivity contribution in [3.8, 4) is 5.75 Å². The molecule has 5 nitrogen and oxygen atoms in total. The summed E-state index contributed by atoms with van der Waals surface area (Å²) < 4.78 is 5.64. The van der Waals surface area contributed by atoms with Gasteiger partial charge >= 0.3 is 5.97 Å². The van der Waals surface area contributed by atoms with Crippen LogP contribution in [-0.2, 0) is 0 Å². The van der Waals surface area contributed by atoms with Crippen molar-refractivity contribution >= 4 is 11.7 Å². The van der Waals surface area contributed by atoms with Crippen molar-refractivity contribution < 1.29 is 14.6 Å². The van der Waals surface area contributed by atoms with Crippen LogP contribution in [0.1, 0.15) is 23.2 Å². The van der Waals surface area contributed by atoms with Crippen molar-refractivity contribution in [1.82, 2.24) is 4.98 Å². The van der Waals surface area contributed by atoms with Crippen molar-refractivity contribution in [2.24, 2.45) is 0 Å². The number of carbonyl (C=O) groups is 1. The van der Waals surface area contributed by atoms with Gasteiger partial charge in [-0.05, 0) is 12.8 Å². The minimum absolute atomic E-state index is 0.170. The number of rotatable bonds is 4. The highest BCUT2D eigenvalue weighted by Gasteiger charge is 2.26. The highest BCUT2D eigenvalue weighted by molar-refractivity contribution is 5.95. The Kier molecular flexibility index (Phi) is 2.68. The number of aromatic carboxylic acids is 1. The van der Waals surface area contributed by atoms with Gasteiger partial charge in [-0.2, -0.15) is 0 Å². The monoisotopic (exact) mass is 222 g/mol. The maximum absolute atomic E-state index is 11.1. The fourth-order valence-corrected chi connectivity index (χ4v) is 1.50. The van der Waals surface area contributed by atoms with Gasteiger partial charge in [0.05, 0.1) is 18.0 Å². The van der Waals surface area contributed by atoms with Crippen LogP contribution in [0.4, 0.5) is 5.69 Å². The minimum atomic E-state index is -0.988. The van der Waals surface area contributed by atoms with Crippen LogP contribution in [0.2, 0.25) is 0 Å². The summed E-state index contributed by atoms with van der Waals surface area (Å²) in [6.45, 7) is 0. The van der Waals surface area contributed by atoms with E-state index in [0.717, 1.165) is 12.8 Å². The van der Waals surface area contributed by atoms with Crippen LogP contribution in [0.5, 0.6) is 5.75 Å². The van der Waals surface area contributed by atoms with Crippen LogP contribution in [0.25, 0.3) is 0 Å². The number of hydrogen-bond donors (Lipinski definition) is 1. The van der Waals surface area contributed by atoms with Gasteiger partial charge in [-0.3, -0.25) is 4.98 Å². The standard InChI is InChI=1S/C11H14N2O3/c1-13(2)10-8(11(14)15)5-12-6-9(10)16-7-3-4-7/h5-7H,3-4H2,1-2H3,(H,14,15). The zero-order valence-electron chi connectivity index (χ0n) is 9.30. The molecular weight excluding hydrogens is 208 g/mol. The average molecular weight is 222 g/mol. The van der Waals surface area contributed by atoms with Gasteiger partial charge in [0.25, 0.3) is 0 Å². The molecule has 5 heteroatoms. The molecule has 0 bridgehead atoms. The van der Waals surface area contributed by atoms with Crippen molar-refractivity contribution in [2.45, 2.75) is 18.9 Å². The highest BCUT2D eigenvalue weighted by Crippen LogP contribution is 2.34. The van der Waals surface area contributed by atoms with Crippen LogP contribution in [-0.4, -0.2) is 36.3 Å². The molecule has 86 valence electrons. The zero-order chi connectivity index (χ0) is 11.7. The Morgan fingerprint density at radius 1 is 1.50 bits per heavy atom. The quantitative estimate of drug-likeness (QED) is 0.834. The van der Waals surface area contributed by atoms with Gasteiger partial charge in [0.15, 0.2) is 5.75 Å².